The van der Waals surface area contributed by atoms with Crippen molar-refractivity contribution in [3.8, 4) is 0 Å². The van der Waals surface area contributed by atoms with Crippen molar-refractivity contribution in [1.82, 2.24) is 10.6 Å². The van der Waals surface area contributed by atoms with Gasteiger partial charge < -0.3 is 20.5 Å². The number of guanidine groups is 1. The van der Waals surface area contributed by atoms with Crippen LogP contribution >= 0.6 is 0 Å². The molecule has 0 spiro atoms. The van der Waals surface area contributed by atoms with Crippen LogP contribution in [-0.2, 0) is 9.53 Å². The molecule has 0 aromatic rings. The summed E-state index contributed by atoms with van der Waals surface area (Å²) in [5, 5.41) is 16.0. The highest BCUT2D eigenvalue weighted by molar-refractivity contribution is 5.83. The smallest absolute Gasteiger partial charge is 0.328 e. The summed E-state index contributed by atoms with van der Waals surface area (Å²) in [5.74, 6) is 0.295. The van der Waals surface area contributed by atoms with Gasteiger partial charge >= 0.3 is 5.97 Å². The normalized spacial score (nSPS) is 23.6. The van der Waals surface area contributed by atoms with Crippen LogP contribution in [0.1, 0.15) is 53.4 Å². The number of nitrogens with zero attached hydrogens (tertiary/aromatic N) is 1. The van der Waals surface area contributed by atoms with E-state index in [1.165, 1.54) is 0 Å². The maximum absolute atomic E-state index is 11.7. The Labute approximate surface area is 127 Å². The van der Waals surface area contributed by atoms with E-state index in [9.17, 15) is 9.90 Å². The Morgan fingerprint density at radius 3 is 2.43 bits per heavy atom. The molecule has 0 aromatic carbocycles. The molecule has 6 nitrogen and oxygen atoms in total. The SMILES string of the molecule is CCNC(=NCC(=O)OC(C)(C)C)NC1CCC(O)CC1. The Kier molecular flexibility index (Phi) is 6.95. The van der Waals surface area contributed by atoms with Gasteiger partial charge in [0.05, 0.1) is 6.10 Å². The highest BCUT2D eigenvalue weighted by Crippen LogP contribution is 2.18. The van der Waals surface area contributed by atoms with Crippen LogP contribution in [0.3, 0.4) is 0 Å². The van der Waals surface area contributed by atoms with Gasteiger partial charge in [0.2, 0.25) is 0 Å². The van der Waals surface area contributed by atoms with Crippen LogP contribution in [0.15, 0.2) is 4.99 Å². The number of hydrogen-bond donors (Lipinski definition) is 3. The van der Waals surface area contributed by atoms with E-state index in [4.69, 9.17) is 4.74 Å². The van der Waals surface area contributed by atoms with Gasteiger partial charge in [-0.25, -0.2) is 4.99 Å². The van der Waals surface area contributed by atoms with Gasteiger partial charge in [-0.1, -0.05) is 0 Å². The van der Waals surface area contributed by atoms with Crippen molar-refractivity contribution in [2.75, 3.05) is 13.1 Å². The minimum atomic E-state index is -0.488. The molecule has 1 aliphatic rings. The summed E-state index contributed by atoms with van der Waals surface area (Å²) in [4.78, 5) is 16.0. The van der Waals surface area contributed by atoms with Gasteiger partial charge in [-0.15, -0.1) is 0 Å². The lowest BCUT2D eigenvalue weighted by Gasteiger charge is -2.27. The molecule has 1 fully saturated rings. The minimum Gasteiger partial charge on any atom is -0.459 e. The van der Waals surface area contributed by atoms with E-state index in [2.05, 4.69) is 15.6 Å². The number of ether oxygens (including phenoxy) is 1. The molecule has 21 heavy (non-hydrogen) atoms. The van der Waals surface area contributed by atoms with E-state index in [1.807, 2.05) is 27.7 Å². The van der Waals surface area contributed by atoms with Gasteiger partial charge in [-0.2, -0.15) is 0 Å². The molecule has 3 N–H and O–H groups in total. The number of nitrogens with one attached hydrogen (secondary N) is 2. The third-order valence-electron chi connectivity index (χ3n) is 3.17. The monoisotopic (exact) mass is 299 g/mol. The van der Waals surface area contributed by atoms with Gasteiger partial charge in [0.25, 0.3) is 0 Å². The standard InChI is InChI=1S/C15H29N3O3/c1-5-16-14(17-10-13(20)21-15(2,3)4)18-11-6-8-12(19)9-7-11/h11-12,19H,5-10H2,1-4H3,(H2,16,17,18). The number of hydrogen-bond acceptors (Lipinski definition) is 4. The average molecular weight is 299 g/mol. The number of aliphatic hydroxyl groups excluding tert-OH is 1. The molecule has 1 rings (SSSR count). The third kappa shape index (κ3) is 7.90. The van der Waals surface area contributed by atoms with Crippen LogP contribution in [0.5, 0.6) is 0 Å². The van der Waals surface area contributed by atoms with Crippen molar-refractivity contribution in [2.24, 2.45) is 4.99 Å². The zero-order valence-corrected chi connectivity index (χ0v) is 13.6. The van der Waals surface area contributed by atoms with Crippen LogP contribution < -0.4 is 10.6 Å². The minimum absolute atomic E-state index is 0.00193. The summed E-state index contributed by atoms with van der Waals surface area (Å²) in [7, 11) is 0. The Balaban J connectivity index is 2.48. The number of carbonyl (C=O) groups excluding carboxylic acids is 1. The summed E-state index contributed by atoms with van der Waals surface area (Å²) in [6.45, 7) is 8.23. The molecule has 0 aliphatic heterocycles. The van der Waals surface area contributed by atoms with Crippen molar-refractivity contribution in [2.45, 2.75) is 71.1 Å². The second-order valence-electron chi connectivity index (χ2n) is 6.43. The summed E-state index contributed by atoms with van der Waals surface area (Å²) in [6.07, 6.45) is 3.27. The molecule has 0 unspecified atom stereocenters. The van der Waals surface area contributed by atoms with Crippen LogP contribution in [0, 0.1) is 0 Å². The van der Waals surface area contributed by atoms with E-state index in [0.29, 0.717) is 12.0 Å². The lowest BCUT2D eigenvalue weighted by molar-refractivity contribution is -0.152. The molecule has 6 heteroatoms. The zero-order chi connectivity index (χ0) is 15.9. The van der Waals surface area contributed by atoms with Gasteiger partial charge in [0, 0.05) is 12.6 Å². The highest BCUT2D eigenvalue weighted by Gasteiger charge is 2.20. The quantitative estimate of drug-likeness (QED) is 0.412. The predicted octanol–water partition coefficient (Wildman–Crippen LogP) is 1.19. The first-order chi connectivity index (χ1) is 9.80. The summed E-state index contributed by atoms with van der Waals surface area (Å²) in [5.41, 5.74) is -0.488. The maximum Gasteiger partial charge on any atom is 0.328 e. The van der Waals surface area contributed by atoms with Crippen LogP contribution in [-0.4, -0.2) is 47.9 Å². The van der Waals surface area contributed by atoms with Crippen LogP contribution in [0.4, 0.5) is 0 Å². The molecular formula is C15H29N3O3. The predicted molar refractivity (Wildman–Crippen MR) is 83.2 cm³/mol. The van der Waals surface area contributed by atoms with E-state index < -0.39 is 5.60 Å². The fraction of sp³-hybridized carbons (Fsp3) is 0.867. The molecule has 1 aliphatic carbocycles. The summed E-state index contributed by atoms with van der Waals surface area (Å²) >= 11 is 0. The molecule has 122 valence electrons. The van der Waals surface area contributed by atoms with E-state index >= 15 is 0 Å². The number of rotatable bonds is 4. The fourth-order valence-electron chi connectivity index (χ4n) is 2.25. The first kappa shape index (κ1) is 17.8. The second-order valence-corrected chi connectivity index (χ2v) is 6.43. The number of aliphatic hydroxyl groups is 1. The Morgan fingerprint density at radius 2 is 1.90 bits per heavy atom. The van der Waals surface area contributed by atoms with Gasteiger partial charge in [0.15, 0.2) is 5.96 Å². The van der Waals surface area contributed by atoms with Crippen molar-refractivity contribution < 1.29 is 14.6 Å². The third-order valence-corrected chi connectivity index (χ3v) is 3.17. The van der Waals surface area contributed by atoms with E-state index in [1.54, 1.807) is 0 Å². The number of carbonyl (C=O) groups is 1. The van der Waals surface area contributed by atoms with E-state index in [-0.39, 0.29) is 18.6 Å². The number of aliphatic imine (C=N–C) groups is 1. The largest absolute Gasteiger partial charge is 0.459 e. The summed E-state index contributed by atoms with van der Waals surface area (Å²) in [6, 6.07) is 0.296. The Hall–Kier alpha value is -1.30. The van der Waals surface area contributed by atoms with Gasteiger partial charge in [-0.05, 0) is 53.4 Å². The molecule has 0 atom stereocenters. The van der Waals surface area contributed by atoms with Crippen LogP contribution in [0.2, 0.25) is 0 Å². The van der Waals surface area contributed by atoms with E-state index in [0.717, 1.165) is 32.2 Å². The molecular weight excluding hydrogens is 270 g/mol. The molecule has 0 saturated heterocycles. The Morgan fingerprint density at radius 1 is 1.29 bits per heavy atom. The molecule has 1 saturated carbocycles. The zero-order valence-electron chi connectivity index (χ0n) is 13.6. The average Bonchev–Trinajstić information content (AvgIpc) is 2.37. The van der Waals surface area contributed by atoms with Crippen molar-refractivity contribution in [3.05, 3.63) is 0 Å². The van der Waals surface area contributed by atoms with Gasteiger partial charge in [0.1, 0.15) is 12.1 Å². The lowest BCUT2D eigenvalue weighted by Crippen LogP contribution is -2.45. The topological polar surface area (TPSA) is 83.0 Å². The van der Waals surface area contributed by atoms with Crippen molar-refractivity contribution in [1.29, 1.82) is 0 Å². The fourth-order valence-corrected chi connectivity index (χ4v) is 2.25. The molecule has 0 heterocycles. The second kappa shape index (κ2) is 8.22. The summed E-state index contributed by atoms with van der Waals surface area (Å²) < 4.78 is 5.24. The van der Waals surface area contributed by atoms with Gasteiger partial charge in [-0.3, -0.25) is 4.79 Å². The lowest BCUT2D eigenvalue weighted by atomic mass is 9.93. The molecule has 0 radical (unpaired) electrons. The Bertz CT molecular complexity index is 356. The molecule has 0 amide bonds. The van der Waals surface area contributed by atoms with Crippen molar-refractivity contribution in [3.63, 3.8) is 0 Å². The first-order valence-corrected chi connectivity index (χ1v) is 7.75. The highest BCUT2D eigenvalue weighted by atomic mass is 16.6. The maximum atomic E-state index is 11.7. The molecule has 0 aromatic heterocycles. The van der Waals surface area contributed by atoms with Crippen LogP contribution in [0.25, 0.3) is 0 Å². The van der Waals surface area contributed by atoms with Crippen molar-refractivity contribution >= 4 is 11.9 Å². The molecule has 0 bridgehead atoms. The number of esters is 1. The first-order valence-electron chi connectivity index (χ1n) is 7.75.